The Kier molecular flexibility index (Phi) is 2.36. The van der Waals surface area contributed by atoms with E-state index in [1.165, 1.54) is 12.8 Å². The van der Waals surface area contributed by atoms with Crippen molar-refractivity contribution in [1.82, 2.24) is 4.98 Å². The van der Waals surface area contributed by atoms with Crippen LogP contribution in [-0.4, -0.2) is 17.8 Å². The number of thiazole rings is 1. The quantitative estimate of drug-likeness (QED) is 0.526. The smallest absolute Gasteiger partial charge is 0.120 e. The minimum atomic E-state index is 0.767. The third-order valence-corrected chi connectivity index (χ3v) is 2.42. The van der Waals surface area contributed by atoms with Crippen LogP contribution in [0.5, 0.6) is 0 Å². The predicted molar refractivity (Wildman–Crippen MR) is 48.4 cm³/mol. The summed E-state index contributed by atoms with van der Waals surface area (Å²) >= 11 is 1.56. The van der Waals surface area contributed by atoms with Gasteiger partial charge in [-0.25, -0.2) is 0 Å². The highest BCUT2D eigenvalue weighted by Gasteiger charge is 2.21. The summed E-state index contributed by atoms with van der Waals surface area (Å²) in [5, 5.41) is 3.84. The SMILES string of the molecule is C(=NOCC1CC1)c1cncs1. The third kappa shape index (κ3) is 2.30. The molecular formula is C8H10N2OS. The van der Waals surface area contributed by atoms with E-state index in [2.05, 4.69) is 10.1 Å². The van der Waals surface area contributed by atoms with E-state index in [4.69, 9.17) is 4.84 Å². The van der Waals surface area contributed by atoms with E-state index >= 15 is 0 Å². The fourth-order valence-corrected chi connectivity index (χ4v) is 1.28. The minimum absolute atomic E-state index is 0.767. The molecule has 3 nitrogen and oxygen atoms in total. The molecule has 0 unspecified atom stereocenters. The Morgan fingerprint density at radius 1 is 1.75 bits per heavy atom. The molecule has 0 N–H and O–H groups in total. The lowest BCUT2D eigenvalue weighted by molar-refractivity contribution is 0.135. The van der Waals surface area contributed by atoms with Crippen molar-refractivity contribution >= 4 is 17.6 Å². The molecule has 1 aliphatic rings. The van der Waals surface area contributed by atoms with Crippen molar-refractivity contribution in [2.75, 3.05) is 6.61 Å². The summed E-state index contributed by atoms with van der Waals surface area (Å²) in [6.07, 6.45) is 6.08. The number of rotatable bonds is 4. The normalized spacial score (nSPS) is 17.0. The van der Waals surface area contributed by atoms with Crippen molar-refractivity contribution in [3.05, 3.63) is 16.6 Å². The van der Waals surface area contributed by atoms with Crippen molar-refractivity contribution in [2.24, 2.45) is 11.1 Å². The van der Waals surface area contributed by atoms with Gasteiger partial charge in [-0.3, -0.25) is 4.98 Å². The Hall–Kier alpha value is -0.900. The summed E-state index contributed by atoms with van der Waals surface area (Å²) in [5.41, 5.74) is 1.78. The van der Waals surface area contributed by atoms with Crippen molar-refractivity contribution < 1.29 is 4.84 Å². The van der Waals surface area contributed by atoms with Gasteiger partial charge in [-0.05, 0) is 18.8 Å². The molecule has 0 bridgehead atoms. The Bertz CT molecular complexity index is 254. The van der Waals surface area contributed by atoms with Crippen LogP contribution in [-0.2, 0) is 4.84 Å². The first-order valence-corrected chi connectivity index (χ1v) is 4.87. The van der Waals surface area contributed by atoms with Crippen molar-refractivity contribution in [3.63, 3.8) is 0 Å². The molecule has 64 valence electrons. The lowest BCUT2D eigenvalue weighted by atomic mass is 10.5. The molecule has 12 heavy (non-hydrogen) atoms. The van der Waals surface area contributed by atoms with E-state index in [1.54, 1.807) is 29.3 Å². The first-order valence-electron chi connectivity index (χ1n) is 3.99. The van der Waals surface area contributed by atoms with Gasteiger partial charge in [0.1, 0.15) is 6.61 Å². The highest BCUT2D eigenvalue weighted by molar-refractivity contribution is 7.11. The molecule has 1 aliphatic carbocycles. The summed E-state index contributed by atoms with van der Waals surface area (Å²) < 4.78 is 0. The zero-order chi connectivity index (χ0) is 8.23. The monoisotopic (exact) mass is 182 g/mol. The summed E-state index contributed by atoms with van der Waals surface area (Å²) in [6.45, 7) is 0.773. The van der Waals surface area contributed by atoms with Gasteiger partial charge in [0.15, 0.2) is 0 Å². The average Bonchev–Trinajstić information content (AvgIpc) is 2.76. The van der Waals surface area contributed by atoms with E-state index in [1.807, 2.05) is 0 Å². The molecule has 2 rings (SSSR count). The van der Waals surface area contributed by atoms with Gasteiger partial charge in [-0.1, -0.05) is 5.16 Å². The summed E-state index contributed by atoms with van der Waals surface area (Å²) in [6, 6.07) is 0. The first-order chi connectivity index (χ1) is 5.95. The summed E-state index contributed by atoms with van der Waals surface area (Å²) in [5.74, 6) is 0.767. The standard InChI is InChI=1S/C8H10N2OS/c1-2-7(1)5-11-10-4-8-3-9-6-12-8/h3-4,6-7H,1-2,5H2. The van der Waals surface area contributed by atoms with Crippen LogP contribution in [0.25, 0.3) is 0 Å². The van der Waals surface area contributed by atoms with E-state index in [-0.39, 0.29) is 0 Å². The van der Waals surface area contributed by atoms with Crippen LogP contribution in [0.3, 0.4) is 0 Å². The maximum absolute atomic E-state index is 5.08. The van der Waals surface area contributed by atoms with Gasteiger partial charge in [0.25, 0.3) is 0 Å². The molecule has 0 radical (unpaired) electrons. The molecule has 1 aromatic rings. The molecule has 0 saturated heterocycles. The molecule has 0 aliphatic heterocycles. The molecule has 1 fully saturated rings. The second kappa shape index (κ2) is 3.67. The highest BCUT2D eigenvalue weighted by atomic mass is 32.1. The van der Waals surface area contributed by atoms with Gasteiger partial charge in [-0.2, -0.15) is 0 Å². The van der Waals surface area contributed by atoms with Gasteiger partial charge >= 0.3 is 0 Å². The number of hydrogen-bond acceptors (Lipinski definition) is 4. The van der Waals surface area contributed by atoms with Crippen LogP contribution in [0.2, 0.25) is 0 Å². The maximum atomic E-state index is 5.08. The average molecular weight is 182 g/mol. The molecule has 1 aromatic heterocycles. The van der Waals surface area contributed by atoms with Crippen LogP contribution < -0.4 is 0 Å². The Labute approximate surface area is 75.1 Å². The van der Waals surface area contributed by atoms with E-state index in [0.717, 1.165) is 17.4 Å². The summed E-state index contributed by atoms with van der Waals surface area (Å²) in [4.78, 5) is 10.0. The molecule has 0 atom stereocenters. The van der Waals surface area contributed by atoms with Gasteiger partial charge < -0.3 is 4.84 Å². The number of hydrogen-bond donors (Lipinski definition) is 0. The first kappa shape index (κ1) is 7.73. The third-order valence-electron chi connectivity index (χ3n) is 1.71. The predicted octanol–water partition coefficient (Wildman–Crippen LogP) is 1.90. The van der Waals surface area contributed by atoms with E-state index < -0.39 is 0 Å². The Morgan fingerprint density at radius 3 is 3.33 bits per heavy atom. The number of aromatic nitrogens is 1. The van der Waals surface area contributed by atoms with Crippen molar-refractivity contribution in [1.29, 1.82) is 0 Å². The lowest BCUT2D eigenvalue weighted by Crippen LogP contribution is -1.89. The Morgan fingerprint density at radius 2 is 2.67 bits per heavy atom. The second-order valence-corrected chi connectivity index (χ2v) is 3.80. The largest absolute Gasteiger partial charge is 0.395 e. The highest BCUT2D eigenvalue weighted by Crippen LogP contribution is 2.28. The van der Waals surface area contributed by atoms with Crippen LogP contribution in [0.15, 0.2) is 16.9 Å². The minimum Gasteiger partial charge on any atom is -0.395 e. The van der Waals surface area contributed by atoms with Crippen molar-refractivity contribution in [3.8, 4) is 0 Å². The van der Waals surface area contributed by atoms with E-state index in [0.29, 0.717) is 0 Å². The fourth-order valence-electron chi connectivity index (χ4n) is 0.812. The molecule has 0 spiro atoms. The topological polar surface area (TPSA) is 34.5 Å². The van der Waals surface area contributed by atoms with Crippen molar-refractivity contribution in [2.45, 2.75) is 12.8 Å². The zero-order valence-corrected chi connectivity index (χ0v) is 7.46. The summed E-state index contributed by atoms with van der Waals surface area (Å²) in [7, 11) is 0. The molecule has 1 saturated carbocycles. The maximum Gasteiger partial charge on any atom is 0.120 e. The molecule has 4 heteroatoms. The molecule has 0 amide bonds. The molecular weight excluding hydrogens is 172 g/mol. The van der Waals surface area contributed by atoms with Gasteiger partial charge in [0.05, 0.1) is 16.6 Å². The van der Waals surface area contributed by atoms with Crippen LogP contribution in [0, 0.1) is 5.92 Å². The Balaban J connectivity index is 1.70. The van der Waals surface area contributed by atoms with Crippen LogP contribution in [0.4, 0.5) is 0 Å². The fraction of sp³-hybridized carbons (Fsp3) is 0.500. The number of nitrogens with zero attached hydrogens (tertiary/aromatic N) is 2. The molecule has 0 aromatic carbocycles. The molecule has 1 heterocycles. The van der Waals surface area contributed by atoms with E-state index in [9.17, 15) is 0 Å². The van der Waals surface area contributed by atoms with Crippen LogP contribution in [0.1, 0.15) is 17.7 Å². The van der Waals surface area contributed by atoms with Gasteiger partial charge in [0.2, 0.25) is 0 Å². The van der Waals surface area contributed by atoms with Gasteiger partial charge in [-0.15, -0.1) is 11.3 Å². The second-order valence-electron chi connectivity index (χ2n) is 2.88. The lowest BCUT2D eigenvalue weighted by Gasteiger charge is -1.92. The van der Waals surface area contributed by atoms with Gasteiger partial charge in [0, 0.05) is 6.20 Å². The number of oxime groups is 1. The zero-order valence-electron chi connectivity index (χ0n) is 6.64. The van der Waals surface area contributed by atoms with Crippen LogP contribution >= 0.6 is 11.3 Å².